The third-order valence-electron chi connectivity index (χ3n) is 4.52. The molecule has 0 fully saturated rings. The summed E-state index contributed by atoms with van der Waals surface area (Å²) in [5, 5.41) is 8.12. The van der Waals surface area contributed by atoms with Gasteiger partial charge in [-0.15, -0.1) is 11.8 Å². The fraction of sp³-hybridized carbons (Fsp3) is 0.0909. The van der Waals surface area contributed by atoms with E-state index < -0.39 is 0 Å². The summed E-state index contributed by atoms with van der Waals surface area (Å²) in [5.41, 5.74) is 3.15. The third kappa shape index (κ3) is 3.64. The number of benzene rings is 3. The van der Waals surface area contributed by atoms with E-state index >= 15 is 0 Å². The lowest BCUT2D eigenvalue weighted by Gasteiger charge is -2.08. The molecule has 1 amide bonds. The van der Waals surface area contributed by atoms with Gasteiger partial charge in [0.05, 0.1) is 23.0 Å². The van der Waals surface area contributed by atoms with Crippen LogP contribution in [0.3, 0.4) is 0 Å². The number of carbonyl (C=O) groups is 1. The Labute approximate surface area is 166 Å². The molecule has 4 nitrogen and oxygen atoms in total. The molecule has 0 aliphatic heterocycles. The predicted octanol–water partition coefficient (Wildman–Crippen LogP) is 4.82. The highest BCUT2D eigenvalue weighted by Crippen LogP contribution is 2.22. The van der Waals surface area contributed by atoms with Gasteiger partial charge in [0.2, 0.25) is 0 Å². The van der Waals surface area contributed by atoms with E-state index in [0.29, 0.717) is 12.1 Å². The molecule has 0 unspecified atom stereocenters. The number of nitrogens with one attached hydrogen (secondary N) is 1. The van der Waals surface area contributed by atoms with Crippen molar-refractivity contribution < 1.29 is 9.18 Å². The van der Waals surface area contributed by atoms with Crippen molar-refractivity contribution in [1.82, 2.24) is 15.1 Å². The average molecular weight is 391 g/mol. The molecule has 0 spiro atoms. The van der Waals surface area contributed by atoms with Gasteiger partial charge in [-0.2, -0.15) is 5.10 Å². The second kappa shape index (κ2) is 7.86. The van der Waals surface area contributed by atoms with Crippen molar-refractivity contribution in [2.75, 3.05) is 6.26 Å². The molecule has 140 valence electrons. The van der Waals surface area contributed by atoms with Gasteiger partial charge in [-0.05, 0) is 60.4 Å². The molecule has 28 heavy (non-hydrogen) atoms. The van der Waals surface area contributed by atoms with Gasteiger partial charge >= 0.3 is 0 Å². The summed E-state index contributed by atoms with van der Waals surface area (Å²) < 4.78 is 14.9. The van der Waals surface area contributed by atoms with Gasteiger partial charge in [0.15, 0.2) is 0 Å². The lowest BCUT2D eigenvalue weighted by atomic mass is 10.1. The molecule has 0 aliphatic carbocycles. The Morgan fingerprint density at radius 2 is 1.89 bits per heavy atom. The number of fused-ring (bicyclic) bond motifs is 1. The van der Waals surface area contributed by atoms with Crippen molar-refractivity contribution >= 4 is 28.6 Å². The number of carbonyl (C=O) groups excluding carboxylic acids is 1. The molecule has 0 saturated carbocycles. The minimum atomic E-state index is -0.300. The number of halogens is 1. The van der Waals surface area contributed by atoms with Crippen LogP contribution in [0, 0.1) is 5.82 Å². The Morgan fingerprint density at radius 3 is 2.68 bits per heavy atom. The Bertz CT molecular complexity index is 1140. The standard InChI is InChI=1S/C22H18FN3OS/c1-28-18-5-2-4-15(12-18)13-24-22(27)19-6-3-7-21-20(19)14-25-26(21)17-10-8-16(23)9-11-17/h2-12,14H,13H2,1H3,(H,24,27). The Balaban J connectivity index is 1.60. The molecule has 0 radical (unpaired) electrons. The molecule has 0 bridgehead atoms. The van der Waals surface area contributed by atoms with Gasteiger partial charge < -0.3 is 5.32 Å². The summed E-state index contributed by atoms with van der Waals surface area (Å²) >= 11 is 1.67. The first-order valence-electron chi connectivity index (χ1n) is 8.79. The van der Waals surface area contributed by atoms with Crippen molar-refractivity contribution in [3.8, 4) is 5.69 Å². The summed E-state index contributed by atoms with van der Waals surface area (Å²) in [6.07, 6.45) is 3.69. The highest BCUT2D eigenvalue weighted by atomic mass is 32.2. The van der Waals surface area contributed by atoms with Crippen LogP contribution in [0.25, 0.3) is 16.6 Å². The Morgan fingerprint density at radius 1 is 1.11 bits per heavy atom. The summed E-state index contributed by atoms with van der Waals surface area (Å²) in [7, 11) is 0. The molecule has 1 heterocycles. The van der Waals surface area contributed by atoms with Crippen LogP contribution in [-0.4, -0.2) is 21.9 Å². The van der Waals surface area contributed by atoms with E-state index in [1.54, 1.807) is 40.8 Å². The fourth-order valence-corrected chi connectivity index (χ4v) is 3.58. The smallest absolute Gasteiger partial charge is 0.252 e. The first-order chi connectivity index (χ1) is 13.7. The zero-order chi connectivity index (χ0) is 19.5. The Kier molecular flexibility index (Phi) is 5.12. The molecule has 4 rings (SSSR count). The van der Waals surface area contributed by atoms with Crippen LogP contribution in [0.4, 0.5) is 4.39 Å². The van der Waals surface area contributed by atoms with Gasteiger partial charge in [0.25, 0.3) is 5.91 Å². The maximum atomic E-state index is 13.2. The second-order valence-corrected chi connectivity index (χ2v) is 7.19. The normalized spacial score (nSPS) is 10.9. The maximum absolute atomic E-state index is 13.2. The quantitative estimate of drug-likeness (QED) is 0.496. The minimum Gasteiger partial charge on any atom is -0.348 e. The van der Waals surface area contributed by atoms with E-state index in [4.69, 9.17) is 0 Å². The highest BCUT2D eigenvalue weighted by Gasteiger charge is 2.14. The monoisotopic (exact) mass is 391 g/mol. The zero-order valence-corrected chi connectivity index (χ0v) is 16.0. The van der Waals surface area contributed by atoms with E-state index in [0.717, 1.165) is 27.0 Å². The number of nitrogens with zero attached hydrogens (tertiary/aromatic N) is 2. The SMILES string of the molecule is CSc1cccc(CNC(=O)c2cccc3c2cnn3-c2ccc(F)cc2)c1. The van der Waals surface area contributed by atoms with Gasteiger partial charge in [-0.1, -0.05) is 18.2 Å². The molecule has 3 aromatic carbocycles. The van der Waals surface area contributed by atoms with Crippen LogP contribution in [0.1, 0.15) is 15.9 Å². The van der Waals surface area contributed by atoms with Crippen molar-refractivity contribution in [1.29, 1.82) is 0 Å². The average Bonchev–Trinajstić information content (AvgIpc) is 3.17. The predicted molar refractivity (Wildman–Crippen MR) is 110 cm³/mol. The minimum absolute atomic E-state index is 0.154. The van der Waals surface area contributed by atoms with Crippen LogP contribution >= 0.6 is 11.8 Å². The van der Waals surface area contributed by atoms with E-state index in [-0.39, 0.29) is 11.7 Å². The molecule has 0 aliphatic rings. The fourth-order valence-electron chi connectivity index (χ4n) is 3.10. The first kappa shape index (κ1) is 18.3. The number of hydrogen-bond acceptors (Lipinski definition) is 3. The number of hydrogen-bond donors (Lipinski definition) is 1. The first-order valence-corrected chi connectivity index (χ1v) is 10.0. The molecule has 1 aromatic heterocycles. The van der Waals surface area contributed by atoms with Crippen LogP contribution in [0.5, 0.6) is 0 Å². The van der Waals surface area contributed by atoms with E-state index in [9.17, 15) is 9.18 Å². The van der Waals surface area contributed by atoms with Gasteiger partial charge in [-0.3, -0.25) is 4.79 Å². The van der Waals surface area contributed by atoms with E-state index in [1.807, 2.05) is 36.6 Å². The van der Waals surface area contributed by atoms with Crippen LogP contribution < -0.4 is 5.32 Å². The molecule has 4 aromatic rings. The van der Waals surface area contributed by atoms with E-state index in [1.165, 1.54) is 12.1 Å². The Hall–Kier alpha value is -3.12. The van der Waals surface area contributed by atoms with Gasteiger partial charge in [0.1, 0.15) is 5.82 Å². The molecule has 6 heteroatoms. The number of thioether (sulfide) groups is 1. The van der Waals surface area contributed by atoms with Crippen molar-refractivity contribution in [2.45, 2.75) is 11.4 Å². The van der Waals surface area contributed by atoms with Crippen LogP contribution in [0.15, 0.2) is 77.8 Å². The highest BCUT2D eigenvalue weighted by molar-refractivity contribution is 7.98. The van der Waals surface area contributed by atoms with Crippen LogP contribution in [0.2, 0.25) is 0 Å². The summed E-state index contributed by atoms with van der Waals surface area (Å²) in [6.45, 7) is 0.454. The second-order valence-electron chi connectivity index (χ2n) is 6.31. The molecular weight excluding hydrogens is 373 g/mol. The summed E-state index contributed by atoms with van der Waals surface area (Å²) in [6, 6.07) is 19.7. The summed E-state index contributed by atoms with van der Waals surface area (Å²) in [5.74, 6) is -0.454. The topological polar surface area (TPSA) is 46.9 Å². The molecule has 0 atom stereocenters. The summed E-state index contributed by atoms with van der Waals surface area (Å²) in [4.78, 5) is 13.9. The largest absolute Gasteiger partial charge is 0.348 e. The number of amides is 1. The van der Waals surface area contributed by atoms with Crippen molar-refractivity contribution in [2.24, 2.45) is 0 Å². The lowest BCUT2D eigenvalue weighted by Crippen LogP contribution is -2.22. The zero-order valence-electron chi connectivity index (χ0n) is 15.2. The third-order valence-corrected chi connectivity index (χ3v) is 5.24. The maximum Gasteiger partial charge on any atom is 0.252 e. The van der Waals surface area contributed by atoms with Crippen molar-refractivity contribution in [3.05, 3.63) is 89.9 Å². The number of aromatic nitrogens is 2. The van der Waals surface area contributed by atoms with Gasteiger partial charge in [0, 0.05) is 16.8 Å². The van der Waals surface area contributed by atoms with Gasteiger partial charge in [-0.25, -0.2) is 9.07 Å². The lowest BCUT2D eigenvalue weighted by molar-refractivity contribution is 0.0952. The molecule has 0 saturated heterocycles. The van der Waals surface area contributed by atoms with E-state index in [2.05, 4.69) is 16.5 Å². The van der Waals surface area contributed by atoms with Crippen LogP contribution in [-0.2, 0) is 6.54 Å². The number of rotatable bonds is 5. The molecular formula is C22H18FN3OS. The molecule has 1 N–H and O–H groups in total. The van der Waals surface area contributed by atoms with Crippen molar-refractivity contribution in [3.63, 3.8) is 0 Å².